The van der Waals surface area contributed by atoms with E-state index in [9.17, 15) is 4.79 Å². The number of hydrogen-bond acceptors (Lipinski definition) is 6. The predicted octanol–water partition coefficient (Wildman–Crippen LogP) is 2.86. The van der Waals surface area contributed by atoms with Crippen LogP contribution in [0.2, 0.25) is 5.02 Å². The van der Waals surface area contributed by atoms with Crippen LogP contribution < -0.4 is 10.4 Å². The Labute approximate surface area is 140 Å². The molecule has 8 heteroatoms. The summed E-state index contributed by atoms with van der Waals surface area (Å²) in [4.78, 5) is 21.3. The van der Waals surface area contributed by atoms with Crippen LogP contribution in [0.5, 0.6) is 0 Å². The van der Waals surface area contributed by atoms with Crippen molar-refractivity contribution in [3.8, 4) is 0 Å². The first-order chi connectivity index (χ1) is 10.5. The van der Waals surface area contributed by atoms with Gasteiger partial charge in [-0.05, 0) is 41.1 Å². The number of hydrazine groups is 1. The van der Waals surface area contributed by atoms with Gasteiger partial charge in [0.2, 0.25) is 0 Å². The van der Waals surface area contributed by atoms with Crippen LogP contribution in [0.15, 0.2) is 22.8 Å². The number of aromatic nitrogens is 2. The summed E-state index contributed by atoms with van der Waals surface area (Å²) in [5.41, 5.74) is 5.06. The highest BCUT2D eigenvalue weighted by molar-refractivity contribution is 9.11. The summed E-state index contributed by atoms with van der Waals surface area (Å²) in [6.07, 6.45) is 0. The summed E-state index contributed by atoms with van der Waals surface area (Å²) in [6.45, 7) is 2.03. The number of carbonyl (C=O) groups excluding carboxylic acids is 1. The Morgan fingerprint density at radius 3 is 2.91 bits per heavy atom. The molecule has 1 N–H and O–H groups in total. The smallest absolute Gasteiger partial charge is 0.343 e. The molecule has 114 valence electrons. The molecule has 3 rings (SSSR count). The van der Waals surface area contributed by atoms with E-state index in [0.29, 0.717) is 37.7 Å². The van der Waals surface area contributed by atoms with Gasteiger partial charge in [-0.25, -0.2) is 14.8 Å². The lowest BCUT2D eigenvalue weighted by molar-refractivity contribution is -0.136. The number of nitrogens with one attached hydrogen (secondary N) is 1. The second-order valence-electron chi connectivity index (χ2n) is 4.61. The van der Waals surface area contributed by atoms with Gasteiger partial charge < -0.3 is 4.74 Å². The summed E-state index contributed by atoms with van der Waals surface area (Å²) < 4.78 is 5.58. The number of ether oxygens (including phenoxy) is 1. The van der Waals surface area contributed by atoms with Gasteiger partial charge in [-0.1, -0.05) is 11.6 Å². The maximum atomic E-state index is 12.2. The SMILES string of the molecule is CCOC(=O)C1=C(Br)NN(C)c2nc3ccc(Cl)cc3nc21. The molecule has 0 amide bonds. The van der Waals surface area contributed by atoms with Crippen LogP contribution in [0.1, 0.15) is 12.6 Å². The first kappa shape index (κ1) is 15.1. The maximum absolute atomic E-state index is 12.2. The average molecular weight is 384 g/mol. The van der Waals surface area contributed by atoms with Crippen molar-refractivity contribution in [2.24, 2.45) is 0 Å². The number of halogens is 2. The second kappa shape index (κ2) is 5.73. The minimum Gasteiger partial charge on any atom is -0.462 e. The van der Waals surface area contributed by atoms with E-state index in [1.54, 1.807) is 37.2 Å². The summed E-state index contributed by atoms with van der Waals surface area (Å²) >= 11 is 9.35. The lowest BCUT2D eigenvalue weighted by Gasteiger charge is -2.28. The molecule has 0 aliphatic carbocycles. The summed E-state index contributed by atoms with van der Waals surface area (Å²) in [6, 6.07) is 5.25. The number of benzene rings is 1. The summed E-state index contributed by atoms with van der Waals surface area (Å²) in [5, 5.41) is 2.24. The maximum Gasteiger partial charge on any atom is 0.343 e. The van der Waals surface area contributed by atoms with Crippen LogP contribution in [-0.2, 0) is 9.53 Å². The molecular weight excluding hydrogens is 372 g/mol. The third-order valence-corrected chi connectivity index (χ3v) is 3.94. The van der Waals surface area contributed by atoms with Crippen LogP contribution in [0.4, 0.5) is 5.82 Å². The molecule has 1 aromatic heterocycles. The number of rotatable bonds is 2. The highest BCUT2D eigenvalue weighted by atomic mass is 79.9. The van der Waals surface area contributed by atoms with Gasteiger partial charge in [-0.15, -0.1) is 0 Å². The number of nitrogens with zero attached hydrogens (tertiary/aromatic N) is 3. The average Bonchev–Trinajstić information content (AvgIpc) is 2.46. The summed E-state index contributed by atoms with van der Waals surface area (Å²) in [7, 11) is 1.79. The molecule has 0 saturated carbocycles. The Bertz CT molecular complexity index is 809. The van der Waals surface area contributed by atoms with Crippen molar-refractivity contribution in [1.82, 2.24) is 15.4 Å². The zero-order valence-electron chi connectivity index (χ0n) is 11.9. The predicted molar refractivity (Wildman–Crippen MR) is 88.6 cm³/mol. The van der Waals surface area contributed by atoms with Gasteiger partial charge in [-0.2, -0.15) is 0 Å². The molecule has 0 unspecified atom stereocenters. The number of fused-ring (bicyclic) bond motifs is 2. The molecule has 2 heterocycles. The first-order valence-electron chi connectivity index (χ1n) is 6.56. The fourth-order valence-corrected chi connectivity index (χ4v) is 2.95. The Balaban J connectivity index is 2.24. The standard InChI is InChI=1S/C14H12BrClN4O2/c1-3-22-14(21)10-11-13(20(2)19-12(10)15)18-8-5-4-7(16)6-9(8)17-11/h4-6,19H,3H2,1-2H3. The van der Waals surface area contributed by atoms with E-state index in [0.717, 1.165) is 0 Å². The lowest BCUT2D eigenvalue weighted by atomic mass is 10.1. The van der Waals surface area contributed by atoms with E-state index in [1.807, 2.05) is 0 Å². The zero-order valence-corrected chi connectivity index (χ0v) is 14.2. The minimum absolute atomic E-state index is 0.278. The Morgan fingerprint density at radius 1 is 1.41 bits per heavy atom. The van der Waals surface area contributed by atoms with Crippen LogP contribution in [0.3, 0.4) is 0 Å². The quantitative estimate of drug-likeness (QED) is 0.635. The van der Waals surface area contributed by atoms with Crippen molar-refractivity contribution in [3.63, 3.8) is 0 Å². The molecule has 22 heavy (non-hydrogen) atoms. The molecule has 0 saturated heterocycles. The lowest BCUT2D eigenvalue weighted by Crippen LogP contribution is -2.38. The second-order valence-corrected chi connectivity index (χ2v) is 5.84. The fourth-order valence-electron chi connectivity index (χ4n) is 2.17. The minimum atomic E-state index is -0.466. The van der Waals surface area contributed by atoms with Crippen molar-refractivity contribution < 1.29 is 9.53 Å². The van der Waals surface area contributed by atoms with Gasteiger partial charge in [0.25, 0.3) is 0 Å². The number of esters is 1. The van der Waals surface area contributed by atoms with Crippen molar-refractivity contribution in [1.29, 1.82) is 0 Å². The first-order valence-corrected chi connectivity index (χ1v) is 7.73. The molecule has 2 aromatic rings. The number of anilines is 1. The van der Waals surface area contributed by atoms with Crippen molar-refractivity contribution in [2.45, 2.75) is 6.92 Å². The van der Waals surface area contributed by atoms with Gasteiger partial charge >= 0.3 is 5.97 Å². The van der Waals surface area contributed by atoms with Crippen LogP contribution >= 0.6 is 27.5 Å². The molecule has 1 aromatic carbocycles. The third kappa shape index (κ3) is 2.50. The number of hydrogen-bond donors (Lipinski definition) is 1. The van der Waals surface area contributed by atoms with Crippen LogP contribution in [0.25, 0.3) is 16.6 Å². The number of carbonyl (C=O) groups is 1. The van der Waals surface area contributed by atoms with Crippen LogP contribution in [-0.4, -0.2) is 29.6 Å². The molecule has 0 radical (unpaired) electrons. The Kier molecular flexibility index (Phi) is 3.92. The van der Waals surface area contributed by atoms with E-state index >= 15 is 0 Å². The van der Waals surface area contributed by atoms with E-state index in [2.05, 4.69) is 31.3 Å². The van der Waals surface area contributed by atoms with E-state index in [4.69, 9.17) is 16.3 Å². The molecule has 1 aliphatic heterocycles. The highest BCUT2D eigenvalue weighted by Gasteiger charge is 2.30. The summed E-state index contributed by atoms with van der Waals surface area (Å²) in [5.74, 6) is 0.0768. The topological polar surface area (TPSA) is 67.3 Å². The monoisotopic (exact) mass is 382 g/mol. The molecule has 0 fully saturated rings. The molecular formula is C14H12BrClN4O2. The molecule has 6 nitrogen and oxygen atoms in total. The van der Waals surface area contributed by atoms with Crippen molar-refractivity contribution >= 4 is 55.9 Å². The third-order valence-electron chi connectivity index (χ3n) is 3.13. The van der Waals surface area contributed by atoms with Gasteiger partial charge in [0.15, 0.2) is 5.82 Å². The van der Waals surface area contributed by atoms with Crippen molar-refractivity contribution in [3.05, 3.63) is 33.5 Å². The van der Waals surface area contributed by atoms with E-state index in [-0.39, 0.29) is 6.61 Å². The zero-order chi connectivity index (χ0) is 15.9. The van der Waals surface area contributed by atoms with Crippen molar-refractivity contribution in [2.75, 3.05) is 18.7 Å². The van der Waals surface area contributed by atoms with Gasteiger partial charge in [0.1, 0.15) is 15.9 Å². The fraction of sp³-hybridized carbons (Fsp3) is 0.214. The highest BCUT2D eigenvalue weighted by Crippen LogP contribution is 2.33. The van der Waals surface area contributed by atoms with E-state index in [1.165, 1.54) is 0 Å². The van der Waals surface area contributed by atoms with Crippen LogP contribution in [0, 0.1) is 0 Å². The molecule has 0 bridgehead atoms. The molecule has 1 aliphatic rings. The van der Waals surface area contributed by atoms with E-state index < -0.39 is 5.97 Å². The van der Waals surface area contributed by atoms with Gasteiger partial charge in [0, 0.05) is 12.1 Å². The Hall–Kier alpha value is -1.86. The molecule has 0 spiro atoms. The largest absolute Gasteiger partial charge is 0.462 e. The van der Waals surface area contributed by atoms with Gasteiger partial charge in [-0.3, -0.25) is 10.4 Å². The molecule has 0 atom stereocenters. The Morgan fingerprint density at radius 2 is 2.18 bits per heavy atom. The normalized spacial score (nSPS) is 13.9. The van der Waals surface area contributed by atoms with Gasteiger partial charge in [0.05, 0.1) is 17.6 Å².